The van der Waals surface area contributed by atoms with Crippen molar-refractivity contribution >= 4 is 17.6 Å². The standard InChI is InChI=1S/C27H31ClN2O2/c1-17(2)26-29-24-11-7-10-22(23(27(31)32)16-19-8-5-4-6-9-19)25(24)30(26)18(3)20-12-14-21(28)15-13-20/h4-6,8-9,12-15,17-18,22-23H,7,10-11,16H2,1-3H3,(H,31,32)/t18-,22?,23?/m1/s1. The van der Waals surface area contributed by atoms with Crippen LogP contribution in [-0.2, 0) is 17.6 Å². The summed E-state index contributed by atoms with van der Waals surface area (Å²) in [4.78, 5) is 17.6. The first-order chi connectivity index (χ1) is 15.4. The van der Waals surface area contributed by atoms with Gasteiger partial charge in [-0.15, -0.1) is 0 Å². The molecule has 0 amide bonds. The smallest absolute Gasteiger partial charge is 0.307 e. The number of hydrogen-bond donors (Lipinski definition) is 1. The molecule has 1 aliphatic carbocycles. The lowest BCUT2D eigenvalue weighted by Crippen LogP contribution is -2.30. The molecule has 1 N–H and O–H groups in total. The molecule has 0 spiro atoms. The van der Waals surface area contributed by atoms with Gasteiger partial charge in [-0.25, -0.2) is 4.98 Å². The van der Waals surface area contributed by atoms with Crippen LogP contribution in [-0.4, -0.2) is 20.6 Å². The Morgan fingerprint density at radius 1 is 1.12 bits per heavy atom. The number of carboxylic acid groups (broad SMARTS) is 1. The van der Waals surface area contributed by atoms with Gasteiger partial charge in [-0.2, -0.15) is 0 Å². The number of imidazole rings is 1. The van der Waals surface area contributed by atoms with Gasteiger partial charge >= 0.3 is 5.97 Å². The Kier molecular flexibility index (Phi) is 6.71. The minimum atomic E-state index is -0.732. The Labute approximate surface area is 195 Å². The molecular weight excluding hydrogens is 420 g/mol. The minimum Gasteiger partial charge on any atom is -0.481 e. The van der Waals surface area contributed by atoms with Crippen molar-refractivity contribution in [1.29, 1.82) is 0 Å². The summed E-state index contributed by atoms with van der Waals surface area (Å²) in [7, 11) is 0. The van der Waals surface area contributed by atoms with E-state index in [9.17, 15) is 9.90 Å². The van der Waals surface area contributed by atoms with Crippen molar-refractivity contribution in [3.05, 3.63) is 88.0 Å². The van der Waals surface area contributed by atoms with Crippen LogP contribution in [0.4, 0.5) is 0 Å². The van der Waals surface area contributed by atoms with E-state index in [0.717, 1.165) is 47.6 Å². The highest BCUT2D eigenvalue weighted by molar-refractivity contribution is 6.30. The van der Waals surface area contributed by atoms with Crippen LogP contribution in [0.25, 0.3) is 0 Å². The van der Waals surface area contributed by atoms with Gasteiger partial charge in [0.05, 0.1) is 17.7 Å². The normalized spacial score (nSPS) is 17.7. The van der Waals surface area contributed by atoms with Crippen LogP contribution >= 0.6 is 11.6 Å². The summed E-state index contributed by atoms with van der Waals surface area (Å²) in [5.74, 6) is 0.00170. The second-order valence-corrected chi connectivity index (χ2v) is 9.62. The first-order valence-corrected chi connectivity index (χ1v) is 11.9. The van der Waals surface area contributed by atoms with E-state index >= 15 is 0 Å². The lowest BCUT2D eigenvalue weighted by molar-refractivity contribution is -0.142. The predicted octanol–water partition coefficient (Wildman–Crippen LogP) is 6.63. The van der Waals surface area contributed by atoms with Crippen molar-refractivity contribution < 1.29 is 9.90 Å². The van der Waals surface area contributed by atoms with Gasteiger partial charge in [-0.05, 0) is 55.9 Å². The van der Waals surface area contributed by atoms with Crippen molar-refractivity contribution in [2.75, 3.05) is 0 Å². The third-order valence-electron chi connectivity index (χ3n) is 6.69. The Bertz CT molecular complexity index is 1070. The average Bonchev–Trinajstić information content (AvgIpc) is 3.18. The number of halogens is 1. The van der Waals surface area contributed by atoms with Crippen molar-refractivity contribution in [2.24, 2.45) is 5.92 Å². The molecule has 32 heavy (non-hydrogen) atoms. The number of aromatic nitrogens is 2. The summed E-state index contributed by atoms with van der Waals surface area (Å²) in [6.07, 6.45) is 3.27. The summed E-state index contributed by atoms with van der Waals surface area (Å²) in [5.41, 5.74) is 4.40. The first-order valence-electron chi connectivity index (χ1n) is 11.5. The van der Waals surface area contributed by atoms with Crippen LogP contribution in [0, 0.1) is 5.92 Å². The van der Waals surface area contributed by atoms with Crippen LogP contribution in [0.1, 0.15) is 79.8 Å². The molecule has 3 atom stereocenters. The first kappa shape index (κ1) is 22.6. The van der Waals surface area contributed by atoms with Gasteiger partial charge in [-0.3, -0.25) is 4.79 Å². The quantitative estimate of drug-likeness (QED) is 0.439. The summed E-state index contributed by atoms with van der Waals surface area (Å²) in [6, 6.07) is 18.0. The number of benzene rings is 2. The fourth-order valence-electron chi connectivity index (χ4n) is 5.08. The van der Waals surface area contributed by atoms with E-state index in [0.29, 0.717) is 11.4 Å². The van der Waals surface area contributed by atoms with Crippen LogP contribution in [0.5, 0.6) is 0 Å². The number of carbonyl (C=O) groups is 1. The highest BCUT2D eigenvalue weighted by Crippen LogP contribution is 2.42. The SMILES string of the molecule is CC(C)c1nc2c(n1[C@H](C)c1ccc(Cl)cc1)C(C(Cc1ccccc1)C(=O)O)CCC2. The molecule has 2 unspecified atom stereocenters. The van der Waals surface area contributed by atoms with Gasteiger partial charge in [0.1, 0.15) is 5.82 Å². The summed E-state index contributed by atoms with van der Waals surface area (Å²) in [6.45, 7) is 6.49. The van der Waals surface area contributed by atoms with Crippen molar-refractivity contribution in [3.63, 3.8) is 0 Å². The van der Waals surface area contributed by atoms with E-state index in [-0.39, 0.29) is 17.9 Å². The molecule has 5 heteroatoms. The van der Waals surface area contributed by atoms with Gasteiger partial charge in [0.2, 0.25) is 0 Å². The summed E-state index contributed by atoms with van der Waals surface area (Å²) in [5, 5.41) is 11.0. The van der Waals surface area contributed by atoms with E-state index in [1.54, 1.807) is 0 Å². The molecule has 168 valence electrons. The second-order valence-electron chi connectivity index (χ2n) is 9.19. The fourth-order valence-corrected chi connectivity index (χ4v) is 5.21. The molecule has 2 aromatic carbocycles. The zero-order valence-corrected chi connectivity index (χ0v) is 19.7. The lowest BCUT2D eigenvalue weighted by Gasteiger charge is -2.32. The molecule has 3 aromatic rings. The van der Waals surface area contributed by atoms with Crippen molar-refractivity contribution in [1.82, 2.24) is 9.55 Å². The molecule has 4 nitrogen and oxygen atoms in total. The third-order valence-corrected chi connectivity index (χ3v) is 6.94. The van der Waals surface area contributed by atoms with Crippen LogP contribution in [0.15, 0.2) is 54.6 Å². The van der Waals surface area contributed by atoms with E-state index in [4.69, 9.17) is 16.6 Å². The Balaban J connectivity index is 1.81. The number of aliphatic carboxylic acids is 1. The molecule has 1 aliphatic rings. The second kappa shape index (κ2) is 9.50. The van der Waals surface area contributed by atoms with Gasteiger partial charge in [0.25, 0.3) is 0 Å². The molecule has 0 fully saturated rings. The monoisotopic (exact) mass is 450 g/mol. The number of carboxylic acids is 1. The number of hydrogen-bond acceptors (Lipinski definition) is 2. The van der Waals surface area contributed by atoms with Crippen LogP contribution in [0.2, 0.25) is 5.02 Å². The maximum Gasteiger partial charge on any atom is 0.307 e. The Morgan fingerprint density at radius 2 is 1.81 bits per heavy atom. The minimum absolute atomic E-state index is 0.0488. The van der Waals surface area contributed by atoms with Crippen molar-refractivity contribution in [3.8, 4) is 0 Å². The number of fused-ring (bicyclic) bond motifs is 1. The molecule has 0 bridgehead atoms. The van der Waals surface area contributed by atoms with Gasteiger partial charge in [0, 0.05) is 22.6 Å². The molecule has 1 aromatic heterocycles. The summed E-state index contributed by atoms with van der Waals surface area (Å²) >= 11 is 6.13. The number of aryl methyl sites for hydroxylation is 1. The molecule has 0 saturated carbocycles. The Morgan fingerprint density at radius 3 is 2.44 bits per heavy atom. The van der Waals surface area contributed by atoms with Gasteiger partial charge in [0.15, 0.2) is 0 Å². The molecule has 4 rings (SSSR count). The molecule has 0 radical (unpaired) electrons. The zero-order valence-electron chi connectivity index (χ0n) is 19.0. The highest BCUT2D eigenvalue weighted by Gasteiger charge is 2.38. The number of nitrogens with zero attached hydrogens (tertiary/aromatic N) is 2. The van der Waals surface area contributed by atoms with E-state index in [2.05, 4.69) is 37.5 Å². The molecule has 1 heterocycles. The van der Waals surface area contributed by atoms with Gasteiger partial charge in [-0.1, -0.05) is 67.9 Å². The number of rotatable bonds is 7. The van der Waals surface area contributed by atoms with Crippen LogP contribution < -0.4 is 0 Å². The molecule has 0 saturated heterocycles. The Hall–Kier alpha value is -2.59. The lowest BCUT2D eigenvalue weighted by atomic mass is 9.77. The molecule has 0 aliphatic heterocycles. The van der Waals surface area contributed by atoms with Crippen molar-refractivity contribution in [2.45, 2.75) is 64.3 Å². The largest absolute Gasteiger partial charge is 0.481 e. The fraction of sp³-hybridized carbons (Fsp3) is 0.407. The third kappa shape index (κ3) is 4.47. The summed E-state index contributed by atoms with van der Waals surface area (Å²) < 4.78 is 2.33. The van der Waals surface area contributed by atoms with E-state index in [1.165, 1.54) is 0 Å². The average molecular weight is 451 g/mol. The highest BCUT2D eigenvalue weighted by atomic mass is 35.5. The maximum absolute atomic E-state index is 12.5. The van der Waals surface area contributed by atoms with E-state index in [1.807, 2.05) is 42.5 Å². The predicted molar refractivity (Wildman–Crippen MR) is 129 cm³/mol. The van der Waals surface area contributed by atoms with Gasteiger partial charge < -0.3 is 9.67 Å². The van der Waals surface area contributed by atoms with E-state index < -0.39 is 11.9 Å². The van der Waals surface area contributed by atoms with Crippen LogP contribution in [0.3, 0.4) is 0 Å². The maximum atomic E-state index is 12.5. The topological polar surface area (TPSA) is 55.1 Å². The zero-order chi connectivity index (χ0) is 22.8. The molecular formula is C27H31ClN2O2.